The highest BCUT2D eigenvalue weighted by Crippen LogP contribution is 2.38. The minimum Gasteiger partial charge on any atom is -0.481 e. The van der Waals surface area contributed by atoms with Crippen LogP contribution < -0.4 is 15.4 Å². The minimum absolute atomic E-state index is 0.272. The molecular formula is C27H28N2O5S. The number of ether oxygens (including phenoxy) is 2. The zero-order valence-electron chi connectivity index (χ0n) is 19.8. The van der Waals surface area contributed by atoms with Crippen molar-refractivity contribution in [1.29, 1.82) is 0 Å². The fraction of sp³-hybridized carbons (Fsp3) is 0.296. The summed E-state index contributed by atoms with van der Waals surface area (Å²) in [5.41, 5.74) is 2.59. The normalized spacial score (nSPS) is 13.3. The maximum absolute atomic E-state index is 12.9. The van der Waals surface area contributed by atoms with Crippen molar-refractivity contribution >= 4 is 39.8 Å². The highest BCUT2D eigenvalue weighted by Gasteiger charge is 2.27. The first-order valence-electron chi connectivity index (χ1n) is 11.7. The van der Waals surface area contributed by atoms with Gasteiger partial charge in [-0.2, -0.15) is 0 Å². The van der Waals surface area contributed by atoms with Gasteiger partial charge in [0.2, 0.25) is 0 Å². The summed E-state index contributed by atoms with van der Waals surface area (Å²) >= 11 is 1.45. The number of aryl methyl sites for hydroxylation is 1. The van der Waals surface area contributed by atoms with Gasteiger partial charge >= 0.3 is 5.97 Å². The lowest BCUT2D eigenvalue weighted by molar-refractivity contribution is -0.122. The fourth-order valence-corrected chi connectivity index (χ4v) is 5.23. The molecule has 0 spiro atoms. The zero-order chi connectivity index (χ0) is 24.8. The van der Waals surface area contributed by atoms with E-state index in [0.29, 0.717) is 27.6 Å². The molecule has 0 saturated carbocycles. The van der Waals surface area contributed by atoms with Gasteiger partial charge < -0.3 is 20.1 Å². The van der Waals surface area contributed by atoms with E-state index < -0.39 is 12.1 Å². The third-order valence-corrected chi connectivity index (χ3v) is 6.93. The van der Waals surface area contributed by atoms with Crippen LogP contribution in [0.2, 0.25) is 0 Å². The lowest BCUT2D eigenvalue weighted by Crippen LogP contribution is -2.30. The van der Waals surface area contributed by atoms with E-state index in [-0.39, 0.29) is 18.4 Å². The van der Waals surface area contributed by atoms with Crippen LogP contribution in [0.3, 0.4) is 0 Å². The van der Waals surface area contributed by atoms with E-state index in [1.807, 2.05) is 18.2 Å². The summed E-state index contributed by atoms with van der Waals surface area (Å²) in [4.78, 5) is 39.1. The van der Waals surface area contributed by atoms with Gasteiger partial charge in [0.1, 0.15) is 10.8 Å². The van der Waals surface area contributed by atoms with Crippen LogP contribution in [0.4, 0.5) is 10.7 Å². The largest absolute Gasteiger partial charge is 0.481 e. The van der Waals surface area contributed by atoms with E-state index in [9.17, 15) is 14.4 Å². The van der Waals surface area contributed by atoms with Gasteiger partial charge in [0.15, 0.2) is 6.10 Å². The monoisotopic (exact) mass is 492 g/mol. The SMILES string of the molecule is CCOC(=O)c1c(NC(=O)c2ccc(O[C@H](C)C(=O)Nc3ccccc3)cc2)sc2c1CCCC2. The smallest absolute Gasteiger partial charge is 0.341 e. The maximum atomic E-state index is 12.9. The van der Waals surface area contributed by atoms with Crippen molar-refractivity contribution in [2.75, 3.05) is 17.2 Å². The first-order chi connectivity index (χ1) is 17.0. The van der Waals surface area contributed by atoms with Crippen LogP contribution in [0.5, 0.6) is 5.75 Å². The van der Waals surface area contributed by atoms with E-state index in [4.69, 9.17) is 9.47 Å². The molecule has 2 amide bonds. The van der Waals surface area contributed by atoms with Gasteiger partial charge in [0, 0.05) is 16.1 Å². The van der Waals surface area contributed by atoms with Gasteiger partial charge in [-0.05, 0) is 81.5 Å². The second kappa shape index (κ2) is 11.2. The Morgan fingerprint density at radius 2 is 1.69 bits per heavy atom. The summed E-state index contributed by atoms with van der Waals surface area (Å²) in [7, 11) is 0. The highest BCUT2D eigenvalue weighted by molar-refractivity contribution is 7.17. The number of nitrogens with one attached hydrogen (secondary N) is 2. The minimum atomic E-state index is -0.723. The van der Waals surface area contributed by atoms with E-state index in [2.05, 4.69) is 10.6 Å². The summed E-state index contributed by atoms with van der Waals surface area (Å²) in [6.07, 6.45) is 3.10. The fourth-order valence-electron chi connectivity index (χ4n) is 3.96. The van der Waals surface area contributed by atoms with Crippen molar-refractivity contribution in [2.45, 2.75) is 45.6 Å². The molecule has 0 fully saturated rings. The molecule has 1 aliphatic rings. The van der Waals surface area contributed by atoms with Crippen LogP contribution in [0.15, 0.2) is 54.6 Å². The summed E-state index contributed by atoms with van der Waals surface area (Å²) in [5.74, 6) is -0.522. The van der Waals surface area contributed by atoms with Crippen molar-refractivity contribution in [3.8, 4) is 5.75 Å². The second-order valence-electron chi connectivity index (χ2n) is 8.23. The van der Waals surface area contributed by atoms with Crippen LogP contribution in [-0.2, 0) is 22.4 Å². The van der Waals surface area contributed by atoms with Gasteiger partial charge in [-0.25, -0.2) is 4.79 Å². The molecule has 1 aliphatic carbocycles. The molecular weight excluding hydrogens is 464 g/mol. The van der Waals surface area contributed by atoms with Gasteiger partial charge in [0.25, 0.3) is 11.8 Å². The van der Waals surface area contributed by atoms with E-state index in [0.717, 1.165) is 36.1 Å². The van der Waals surface area contributed by atoms with Crippen LogP contribution in [0.1, 0.15) is 57.8 Å². The van der Waals surface area contributed by atoms with Crippen LogP contribution >= 0.6 is 11.3 Å². The molecule has 0 radical (unpaired) electrons. The van der Waals surface area contributed by atoms with Crippen molar-refractivity contribution in [2.24, 2.45) is 0 Å². The molecule has 4 rings (SSSR count). The Labute approximate surface area is 208 Å². The van der Waals surface area contributed by atoms with E-state index >= 15 is 0 Å². The topological polar surface area (TPSA) is 93.7 Å². The maximum Gasteiger partial charge on any atom is 0.341 e. The van der Waals surface area contributed by atoms with Gasteiger partial charge in [-0.1, -0.05) is 18.2 Å². The summed E-state index contributed by atoms with van der Waals surface area (Å²) in [5, 5.41) is 6.24. The van der Waals surface area contributed by atoms with Crippen molar-refractivity contribution < 1.29 is 23.9 Å². The molecule has 0 unspecified atom stereocenters. The quantitative estimate of drug-likeness (QED) is 0.407. The number of carbonyl (C=O) groups is 3. The van der Waals surface area contributed by atoms with E-state index in [1.54, 1.807) is 50.2 Å². The van der Waals surface area contributed by atoms with Crippen molar-refractivity contribution in [3.63, 3.8) is 0 Å². The molecule has 2 N–H and O–H groups in total. The zero-order valence-corrected chi connectivity index (χ0v) is 20.6. The molecule has 2 aromatic carbocycles. The van der Waals surface area contributed by atoms with Crippen molar-refractivity contribution in [1.82, 2.24) is 0 Å². The number of para-hydroxylation sites is 1. The predicted molar refractivity (Wildman–Crippen MR) is 136 cm³/mol. The molecule has 3 aromatic rings. The van der Waals surface area contributed by atoms with Crippen molar-refractivity contribution in [3.05, 3.63) is 76.2 Å². The van der Waals surface area contributed by atoms with E-state index in [1.165, 1.54) is 11.3 Å². The molecule has 1 heterocycles. The molecule has 7 nitrogen and oxygen atoms in total. The number of anilines is 2. The summed E-state index contributed by atoms with van der Waals surface area (Å²) in [6.45, 7) is 3.71. The first kappa shape index (κ1) is 24.5. The molecule has 8 heteroatoms. The predicted octanol–water partition coefficient (Wildman–Crippen LogP) is 5.46. The van der Waals surface area contributed by atoms with Gasteiger partial charge in [0.05, 0.1) is 12.2 Å². The number of rotatable bonds is 8. The average Bonchev–Trinajstić information content (AvgIpc) is 3.23. The lowest BCUT2D eigenvalue weighted by Gasteiger charge is -2.15. The Balaban J connectivity index is 1.42. The Hall–Kier alpha value is -3.65. The third-order valence-electron chi connectivity index (χ3n) is 5.72. The Morgan fingerprint density at radius 1 is 0.971 bits per heavy atom. The average molecular weight is 493 g/mol. The molecule has 35 heavy (non-hydrogen) atoms. The Bertz CT molecular complexity index is 1200. The van der Waals surface area contributed by atoms with Gasteiger partial charge in [-0.3, -0.25) is 9.59 Å². The summed E-state index contributed by atoms with van der Waals surface area (Å²) < 4.78 is 11.0. The van der Waals surface area contributed by atoms with Crippen LogP contribution in [-0.4, -0.2) is 30.5 Å². The number of fused-ring (bicyclic) bond motifs is 1. The molecule has 1 aromatic heterocycles. The van der Waals surface area contributed by atoms with Crippen LogP contribution in [0, 0.1) is 0 Å². The first-order valence-corrected chi connectivity index (χ1v) is 12.5. The number of carbonyl (C=O) groups excluding carboxylic acids is 3. The Morgan fingerprint density at radius 3 is 2.40 bits per heavy atom. The number of hydrogen-bond donors (Lipinski definition) is 2. The standard InChI is InChI=1S/C27H28N2O5S/c1-3-33-27(32)23-21-11-7-8-12-22(21)35-26(23)29-25(31)18-13-15-20(16-14-18)34-17(2)24(30)28-19-9-5-4-6-10-19/h4-6,9-10,13-17H,3,7-8,11-12H2,1-2H3,(H,28,30)(H,29,31)/t17-/m1/s1. The molecule has 0 saturated heterocycles. The molecule has 182 valence electrons. The number of hydrogen-bond acceptors (Lipinski definition) is 6. The van der Waals surface area contributed by atoms with Gasteiger partial charge in [-0.15, -0.1) is 11.3 Å². The Kier molecular flexibility index (Phi) is 7.82. The number of esters is 1. The highest BCUT2D eigenvalue weighted by atomic mass is 32.1. The number of benzene rings is 2. The second-order valence-corrected chi connectivity index (χ2v) is 9.33. The number of thiophene rings is 1. The third kappa shape index (κ3) is 5.89. The number of amides is 2. The molecule has 1 atom stereocenters. The molecule has 0 bridgehead atoms. The van der Waals surface area contributed by atoms with Crippen LogP contribution in [0.25, 0.3) is 0 Å². The summed E-state index contributed by atoms with van der Waals surface area (Å²) in [6, 6.07) is 15.7. The molecule has 0 aliphatic heterocycles. The lowest BCUT2D eigenvalue weighted by atomic mass is 9.95.